The molecule has 0 bridgehead atoms. The fourth-order valence-electron chi connectivity index (χ4n) is 1.70. The standard InChI is InChI=1S/C12H18F2N2O/c1-17-10-6-5-8(13)11(12(10)14)9(16)4-2-3-7-15/h5-6,9H,2-4,7,15-16H2,1H3/t9-/m1/s1. The predicted molar refractivity (Wildman–Crippen MR) is 62.7 cm³/mol. The van der Waals surface area contributed by atoms with E-state index in [4.69, 9.17) is 16.2 Å². The van der Waals surface area contributed by atoms with Gasteiger partial charge in [0.25, 0.3) is 0 Å². The zero-order valence-corrected chi connectivity index (χ0v) is 9.88. The molecule has 0 aliphatic heterocycles. The molecule has 0 aliphatic carbocycles. The lowest BCUT2D eigenvalue weighted by Crippen LogP contribution is -2.15. The molecule has 0 spiro atoms. The third kappa shape index (κ3) is 3.38. The van der Waals surface area contributed by atoms with E-state index in [9.17, 15) is 8.78 Å². The summed E-state index contributed by atoms with van der Waals surface area (Å²) in [5.74, 6) is -1.34. The van der Waals surface area contributed by atoms with Crippen molar-refractivity contribution in [2.75, 3.05) is 13.7 Å². The minimum absolute atomic E-state index is 0.00988. The maximum atomic E-state index is 13.8. The number of unbranched alkanes of at least 4 members (excludes halogenated alkanes) is 1. The molecule has 0 fully saturated rings. The molecule has 4 N–H and O–H groups in total. The number of hydrogen-bond donors (Lipinski definition) is 2. The van der Waals surface area contributed by atoms with Gasteiger partial charge in [0.2, 0.25) is 0 Å². The van der Waals surface area contributed by atoms with Crippen molar-refractivity contribution in [2.24, 2.45) is 11.5 Å². The van der Waals surface area contributed by atoms with Crippen LogP contribution in [0.1, 0.15) is 30.9 Å². The largest absolute Gasteiger partial charge is 0.494 e. The number of rotatable bonds is 6. The Morgan fingerprint density at radius 1 is 1.29 bits per heavy atom. The zero-order valence-electron chi connectivity index (χ0n) is 9.88. The van der Waals surface area contributed by atoms with E-state index in [1.165, 1.54) is 19.2 Å². The van der Waals surface area contributed by atoms with Gasteiger partial charge < -0.3 is 16.2 Å². The quantitative estimate of drug-likeness (QED) is 0.753. The van der Waals surface area contributed by atoms with Gasteiger partial charge in [0.1, 0.15) is 5.82 Å². The first-order valence-corrected chi connectivity index (χ1v) is 5.59. The summed E-state index contributed by atoms with van der Waals surface area (Å²) in [6.07, 6.45) is 2.03. The Kier molecular flexibility index (Phi) is 5.31. The Morgan fingerprint density at radius 3 is 2.59 bits per heavy atom. The van der Waals surface area contributed by atoms with Gasteiger partial charge >= 0.3 is 0 Å². The van der Waals surface area contributed by atoms with E-state index in [0.717, 1.165) is 12.8 Å². The summed E-state index contributed by atoms with van der Waals surface area (Å²) in [6.45, 7) is 0.551. The minimum Gasteiger partial charge on any atom is -0.494 e. The summed E-state index contributed by atoms with van der Waals surface area (Å²) >= 11 is 0. The van der Waals surface area contributed by atoms with Crippen molar-refractivity contribution in [3.05, 3.63) is 29.3 Å². The van der Waals surface area contributed by atoms with Gasteiger partial charge in [0.05, 0.1) is 7.11 Å². The van der Waals surface area contributed by atoms with Crippen LogP contribution >= 0.6 is 0 Å². The van der Waals surface area contributed by atoms with Crippen molar-refractivity contribution in [1.82, 2.24) is 0 Å². The van der Waals surface area contributed by atoms with Gasteiger partial charge in [-0.3, -0.25) is 0 Å². The summed E-state index contributed by atoms with van der Waals surface area (Å²) in [5, 5.41) is 0. The molecule has 1 aromatic carbocycles. The molecule has 1 rings (SSSR count). The second-order valence-electron chi connectivity index (χ2n) is 3.87. The van der Waals surface area contributed by atoms with Gasteiger partial charge in [-0.25, -0.2) is 8.78 Å². The van der Waals surface area contributed by atoms with Crippen LogP contribution in [0.2, 0.25) is 0 Å². The van der Waals surface area contributed by atoms with Gasteiger partial charge in [-0.1, -0.05) is 6.42 Å². The second-order valence-corrected chi connectivity index (χ2v) is 3.87. The molecule has 0 unspecified atom stereocenters. The normalized spacial score (nSPS) is 12.5. The maximum Gasteiger partial charge on any atom is 0.172 e. The van der Waals surface area contributed by atoms with Crippen LogP contribution in [0, 0.1) is 11.6 Å². The number of nitrogens with two attached hydrogens (primary N) is 2. The summed E-state index contributed by atoms with van der Waals surface area (Å²) in [5.41, 5.74) is 11.0. The highest BCUT2D eigenvalue weighted by Gasteiger charge is 2.19. The Labute approximate surface area is 99.7 Å². The topological polar surface area (TPSA) is 61.3 Å². The minimum atomic E-state index is -0.715. The number of methoxy groups -OCH3 is 1. The summed E-state index contributed by atoms with van der Waals surface area (Å²) in [7, 11) is 1.33. The molecule has 3 nitrogen and oxygen atoms in total. The van der Waals surface area contributed by atoms with E-state index in [2.05, 4.69) is 0 Å². The molecule has 0 heterocycles. The van der Waals surface area contributed by atoms with Crippen molar-refractivity contribution < 1.29 is 13.5 Å². The van der Waals surface area contributed by atoms with Gasteiger partial charge in [0.15, 0.2) is 11.6 Å². The smallest absolute Gasteiger partial charge is 0.172 e. The SMILES string of the molecule is COc1ccc(F)c([C@H](N)CCCCN)c1F. The van der Waals surface area contributed by atoms with Crippen molar-refractivity contribution >= 4 is 0 Å². The number of ether oxygens (including phenoxy) is 1. The van der Waals surface area contributed by atoms with E-state index in [1.807, 2.05) is 0 Å². The number of halogens is 2. The first kappa shape index (κ1) is 13.9. The average Bonchev–Trinajstić information content (AvgIpc) is 2.30. The van der Waals surface area contributed by atoms with Crippen molar-refractivity contribution in [2.45, 2.75) is 25.3 Å². The molecule has 1 atom stereocenters. The molecule has 0 aliphatic rings. The van der Waals surface area contributed by atoms with Crippen LogP contribution in [0.3, 0.4) is 0 Å². The Bertz CT molecular complexity index is 372. The molecule has 0 amide bonds. The van der Waals surface area contributed by atoms with Gasteiger partial charge in [-0.2, -0.15) is 0 Å². The summed E-state index contributed by atoms with van der Waals surface area (Å²) in [6, 6.07) is 1.75. The molecule has 96 valence electrons. The third-order valence-electron chi connectivity index (χ3n) is 2.65. The van der Waals surface area contributed by atoms with Crippen molar-refractivity contribution in [3.63, 3.8) is 0 Å². The van der Waals surface area contributed by atoms with Crippen LogP contribution in [0.25, 0.3) is 0 Å². The van der Waals surface area contributed by atoms with E-state index in [1.54, 1.807) is 0 Å². The molecule has 0 aromatic heterocycles. The number of hydrogen-bond acceptors (Lipinski definition) is 3. The predicted octanol–water partition coefficient (Wildman–Crippen LogP) is 2.10. The first-order valence-electron chi connectivity index (χ1n) is 5.59. The van der Waals surface area contributed by atoms with Gasteiger partial charge in [0, 0.05) is 11.6 Å². The molecule has 0 radical (unpaired) electrons. The summed E-state index contributed by atoms with van der Waals surface area (Å²) < 4.78 is 32.1. The monoisotopic (exact) mass is 244 g/mol. The summed E-state index contributed by atoms with van der Waals surface area (Å²) in [4.78, 5) is 0. The van der Waals surface area contributed by atoms with Crippen molar-refractivity contribution in [3.8, 4) is 5.75 Å². The molecule has 5 heteroatoms. The third-order valence-corrected chi connectivity index (χ3v) is 2.65. The fourth-order valence-corrected chi connectivity index (χ4v) is 1.70. The molecule has 17 heavy (non-hydrogen) atoms. The van der Waals surface area contributed by atoms with Crippen LogP contribution in [0.5, 0.6) is 5.75 Å². The zero-order chi connectivity index (χ0) is 12.8. The van der Waals surface area contributed by atoms with Gasteiger partial charge in [-0.15, -0.1) is 0 Å². The first-order chi connectivity index (χ1) is 8.11. The highest BCUT2D eigenvalue weighted by atomic mass is 19.1. The van der Waals surface area contributed by atoms with Gasteiger partial charge in [-0.05, 0) is 31.5 Å². The van der Waals surface area contributed by atoms with Crippen molar-refractivity contribution in [1.29, 1.82) is 0 Å². The highest BCUT2D eigenvalue weighted by Crippen LogP contribution is 2.28. The van der Waals surface area contributed by atoms with Crippen LogP contribution in [-0.2, 0) is 0 Å². The fraction of sp³-hybridized carbons (Fsp3) is 0.500. The van der Waals surface area contributed by atoms with E-state index < -0.39 is 17.7 Å². The number of benzene rings is 1. The lowest BCUT2D eigenvalue weighted by molar-refractivity contribution is 0.376. The molecular weight excluding hydrogens is 226 g/mol. The van der Waals surface area contributed by atoms with Crippen LogP contribution < -0.4 is 16.2 Å². The van der Waals surface area contributed by atoms with E-state index >= 15 is 0 Å². The molecule has 0 saturated carbocycles. The lowest BCUT2D eigenvalue weighted by Gasteiger charge is -2.15. The second kappa shape index (κ2) is 6.51. The Morgan fingerprint density at radius 2 is 2.00 bits per heavy atom. The van der Waals surface area contributed by atoms with Crippen LogP contribution in [-0.4, -0.2) is 13.7 Å². The maximum absolute atomic E-state index is 13.8. The lowest BCUT2D eigenvalue weighted by atomic mass is 10.0. The highest BCUT2D eigenvalue weighted by molar-refractivity contribution is 5.34. The van der Waals surface area contributed by atoms with E-state index in [-0.39, 0.29) is 11.3 Å². The van der Waals surface area contributed by atoms with Crippen LogP contribution in [0.4, 0.5) is 8.78 Å². The molecule has 1 aromatic rings. The average molecular weight is 244 g/mol. The Hall–Kier alpha value is -1.20. The Balaban J connectivity index is 2.87. The van der Waals surface area contributed by atoms with Crippen LogP contribution in [0.15, 0.2) is 12.1 Å². The van der Waals surface area contributed by atoms with E-state index in [0.29, 0.717) is 13.0 Å². The molecule has 0 saturated heterocycles. The molecular formula is C12H18F2N2O.